The summed E-state index contributed by atoms with van der Waals surface area (Å²) >= 11 is 0. The third kappa shape index (κ3) is 9.59. The van der Waals surface area contributed by atoms with E-state index >= 15 is 0 Å². The minimum Gasteiger partial charge on any atom is -0.457 e. The van der Waals surface area contributed by atoms with Crippen LogP contribution in [0.2, 0.25) is 0 Å². The lowest BCUT2D eigenvalue weighted by Gasteiger charge is -2.38. The van der Waals surface area contributed by atoms with Gasteiger partial charge < -0.3 is 9.64 Å². The van der Waals surface area contributed by atoms with Crippen molar-refractivity contribution in [1.29, 1.82) is 0 Å². The van der Waals surface area contributed by atoms with Crippen molar-refractivity contribution in [3.8, 4) is 39.6 Å². The number of ether oxygens (including phenoxy) is 1. The van der Waals surface area contributed by atoms with Crippen LogP contribution < -0.4 is 64.3 Å². The summed E-state index contributed by atoms with van der Waals surface area (Å²) in [7, 11) is 69.0. The smallest absolute Gasteiger partial charge is 0.137 e. The van der Waals surface area contributed by atoms with Gasteiger partial charge in [-0.3, -0.25) is 4.57 Å². The van der Waals surface area contributed by atoms with Crippen LogP contribution in [0.25, 0.3) is 49.9 Å². The molecule has 0 saturated carbocycles. The number of nitrogens with zero attached hydrogens (tertiary/aromatic N) is 3. The van der Waals surface area contributed by atoms with Crippen molar-refractivity contribution in [2.24, 2.45) is 0 Å². The fourth-order valence-corrected chi connectivity index (χ4v) is 11.5. The molecule has 0 bridgehead atoms. The highest BCUT2D eigenvalue weighted by molar-refractivity contribution is 6.70. The van der Waals surface area contributed by atoms with E-state index in [9.17, 15) is 0 Å². The van der Waals surface area contributed by atoms with Crippen LogP contribution in [0, 0.1) is 0 Å². The van der Waals surface area contributed by atoms with E-state index in [2.05, 4.69) is 190 Å². The van der Waals surface area contributed by atoms with E-state index in [1.54, 1.807) is 0 Å². The summed E-state index contributed by atoms with van der Waals surface area (Å²) in [5.41, 5.74) is 12.3. The van der Waals surface area contributed by atoms with Crippen LogP contribution in [-0.4, -0.2) is 94.6 Å². The number of rotatable bonds is 7. The normalized spacial score (nSPS) is 14.1. The number of benzene rings is 7. The molecule has 0 fully saturated rings. The predicted molar refractivity (Wildman–Crippen MR) is 346 cm³/mol. The Kier molecular flexibility index (Phi) is 14.0. The van der Waals surface area contributed by atoms with Gasteiger partial charge in [0, 0.05) is 52.9 Å². The summed E-state index contributed by atoms with van der Waals surface area (Å²) in [4.78, 5) is 7.28. The Hall–Kier alpha value is -6.26. The topological polar surface area (TPSA) is 30.3 Å². The van der Waals surface area contributed by atoms with Crippen molar-refractivity contribution < 1.29 is 4.74 Å². The molecule has 368 valence electrons. The minimum absolute atomic E-state index is 0.0726. The first kappa shape index (κ1) is 56.0. The quantitative estimate of drug-likeness (QED) is 0.192. The van der Waals surface area contributed by atoms with Crippen LogP contribution in [0.3, 0.4) is 0 Å². The molecular formula is C65H57B10N3O. The van der Waals surface area contributed by atoms with Crippen LogP contribution in [-0.2, 0) is 21.7 Å². The molecule has 1 atom stereocenters. The lowest BCUT2D eigenvalue weighted by molar-refractivity contribution is 0.479. The number of para-hydroxylation sites is 2. The molecule has 1 aliphatic heterocycles. The number of aromatic nitrogens is 2. The molecular weight excluding hydrogens is 947 g/mol. The van der Waals surface area contributed by atoms with Crippen molar-refractivity contribution in [3.05, 3.63) is 143 Å². The van der Waals surface area contributed by atoms with Gasteiger partial charge in [0.05, 0.1) is 11.0 Å². The average molecular weight is 1000 g/mol. The zero-order valence-electron chi connectivity index (χ0n) is 47.7. The molecule has 4 nitrogen and oxygen atoms in total. The van der Waals surface area contributed by atoms with Gasteiger partial charge in [-0.15, -0.1) is 32.8 Å². The van der Waals surface area contributed by atoms with Gasteiger partial charge in [-0.25, -0.2) is 4.98 Å². The summed E-state index contributed by atoms with van der Waals surface area (Å²) in [5.74, 6) is 1.76. The van der Waals surface area contributed by atoms with Crippen LogP contribution in [0.1, 0.15) is 122 Å². The molecule has 0 N–H and O–H groups in total. The number of anilines is 2. The van der Waals surface area contributed by atoms with E-state index < -0.39 is 16.7 Å². The van der Waals surface area contributed by atoms with Crippen LogP contribution >= 0.6 is 0 Å². The summed E-state index contributed by atoms with van der Waals surface area (Å²) in [6, 6.07) is 36.2. The van der Waals surface area contributed by atoms with Crippen LogP contribution in [0.15, 0.2) is 109 Å². The SMILES string of the molecule is [B]c1c([B])c([B])c(-c2c(C(C)(C)C)cc(C(C)(C)C)c(-c3c([B])c([B])c([B])c([B])c3[B])c2C2CN(c3cc(Oc4ccc5c6ccccc6n(-c6cc(C(C)(C)C)ccn6)c5c4)cc(C(C)(C)C)c3)c3ccccc32)c([B])c1[B]. The van der Waals surface area contributed by atoms with Gasteiger partial charge in [0.25, 0.3) is 0 Å². The van der Waals surface area contributed by atoms with Crippen molar-refractivity contribution in [1.82, 2.24) is 9.55 Å². The Bertz CT molecular complexity index is 3820. The Labute approximate surface area is 482 Å². The third-order valence-corrected chi connectivity index (χ3v) is 16.0. The van der Waals surface area contributed by atoms with Gasteiger partial charge in [0.1, 0.15) is 95.8 Å². The van der Waals surface area contributed by atoms with Gasteiger partial charge >= 0.3 is 0 Å². The maximum Gasteiger partial charge on any atom is 0.137 e. The zero-order chi connectivity index (χ0) is 57.3. The Balaban J connectivity index is 1.23. The van der Waals surface area contributed by atoms with Crippen LogP contribution in [0.4, 0.5) is 11.4 Å². The van der Waals surface area contributed by atoms with E-state index in [1.165, 1.54) is 5.56 Å². The lowest BCUT2D eigenvalue weighted by atomic mass is 9.56. The monoisotopic (exact) mass is 1010 g/mol. The average Bonchev–Trinajstić information content (AvgIpc) is 4.17. The maximum absolute atomic E-state index is 7.19. The fourth-order valence-electron chi connectivity index (χ4n) is 11.5. The Morgan fingerprint density at radius 2 is 0.949 bits per heavy atom. The Morgan fingerprint density at radius 1 is 0.443 bits per heavy atom. The molecule has 2 aromatic heterocycles. The summed E-state index contributed by atoms with van der Waals surface area (Å²) in [6.45, 7) is 26.7. The fraction of sp³-hybridized carbons (Fsp3) is 0.277. The summed E-state index contributed by atoms with van der Waals surface area (Å²) in [6.07, 6.45) is 1.90. The van der Waals surface area contributed by atoms with E-state index in [-0.39, 0.29) is 65.5 Å². The summed E-state index contributed by atoms with van der Waals surface area (Å²) < 4.78 is 9.31. The number of hydrogen-bond acceptors (Lipinski definition) is 3. The van der Waals surface area contributed by atoms with Gasteiger partial charge in [-0.05, 0) is 126 Å². The first-order valence-corrected chi connectivity index (χ1v) is 26.8. The van der Waals surface area contributed by atoms with Crippen molar-refractivity contribution in [3.63, 3.8) is 0 Å². The second-order valence-electron chi connectivity index (χ2n) is 25.5. The van der Waals surface area contributed by atoms with E-state index in [0.717, 1.165) is 77.9 Å². The molecule has 79 heavy (non-hydrogen) atoms. The van der Waals surface area contributed by atoms with E-state index in [1.807, 2.05) is 12.3 Å². The van der Waals surface area contributed by atoms with Gasteiger partial charge in [0.15, 0.2) is 0 Å². The molecule has 9 aromatic rings. The maximum atomic E-state index is 7.19. The van der Waals surface area contributed by atoms with Gasteiger partial charge in [-0.1, -0.05) is 147 Å². The molecule has 20 radical (unpaired) electrons. The molecule has 0 amide bonds. The van der Waals surface area contributed by atoms with Gasteiger partial charge in [-0.2, -0.15) is 0 Å². The highest BCUT2D eigenvalue weighted by atomic mass is 16.5. The largest absolute Gasteiger partial charge is 0.457 e. The molecule has 10 rings (SSSR count). The third-order valence-electron chi connectivity index (χ3n) is 16.0. The molecule has 0 aliphatic carbocycles. The van der Waals surface area contributed by atoms with E-state index in [4.69, 9.17) is 88.2 Å². The zero-order valence-corrected chi connectivity index (χ0v) is 47.7. The second kappa shape index (κ2) is 19.8. The predicted octanol–water partition coefficient (Wildman–Crippen LogP) is 5.72. The van der Waals surface area contributed by atoms with Crippen LogP contribution in [0.5, 0.6) is 11.5 Å². The second-order valence-corrected chi connectivity index (χ2v) is 25.5. The lowest BCUT2D eigenvalue weighted by Crippen LogP contribution is -2.56. The highest BCUT2D eigenvalue weighted by Crippen LogP contribution is 2.53. The first-order valence-electron chi connectivity index (χ1n) is 26.8. The number of fused-ring (bicyclic) bond motifs is 4. The molecule has 1 unspecified atom stereocenters. The standard InChI is InChI=1S/C65H57B10N3O/c1-62(2,3)32-23-24-76-46(27-32)78-44-20-16-14-17-37(44)39-22-21-35(29-45(39)78)79-36-26-33(63(4,5)6)25-34(28-36)77-31-40(38-18-13-15-19-43(38)77)47-48(50-52(66)56(70)60(74)57(71)53(50)67)41(64(7,8)9)30-42(65(10,11)12)49(47)51-54(68)58(72)61(75)59(73)55(51)69/h13-30,40H,31H2,1-12H3. The van der Waals surface area contributed by atoms with Crippen molar-refractivity contribution >= 4 is 166 Å². The highest BCUT2D eigenvalue weighted by Gasteiger charge is 2.40. The minimum atomic E-state index is -0.530. The molecule has 1 aliphatic rings. The molecule has 0 spiro atoms. The van der Waals surface area contributed by atoms with Crippen molar-refractivity contribution in [2.75, 3.05) is 11.4 Å². The molecule has 14 heteroatoms. The molecule has 7 aromatic carbocycles. The van der Waals surface area contributed by atoms with Gasteiger partial charge in [0.2, 0.25) is 0 Å². The van der Waals surface area contributed by atoms with E-state index in [0.29, 0.717) is 29.2 Å². The van der Waals surface area contributed by atoms with Crippen molar-refractivity contribution in [2.45, 2.75) is 111 Å². The Morgan fingerprint density at radius 3 is 1.49 bits per heavy atom. The number of hydrogen-bond donors (Lipinski definition) is 0. The summed E-state index contributed by atoms with van der Waals surface area (Å²) in [5, 5.41) is 2.22. The first-order chi connectivity index (χ1) is 36.9. The molecule has 0 saturated heterocycles. The molecule has 3 heterocycles. The number of pyridine rings is 1.